The molecule has 1 aliphatic rings. The lowest BCUT2D eigenvalue weighted by atomic mass is 10.0. The van der Waals surface area contributed by atoms with Gasteiger partial charge in [0.1, 0.15) is 0 Å². The van der Waals surface area contributed by atoms with Gasteiger partial charge in [0.2, 0.25) is 0 Å². The topological polar surface area (TPSA) is 108 Å². The van der Waals surface area contributed by atoms with E-state index in [9.17, 15) is 32.7 Å². The number of benzene rings is 3. The van der Waals surface area contributed by atoms with Crippen LogP contribution in [0.3, 0.4) is 0 Å². The predicted molar refractivity (Wildman–Crippen MR) is 129 cm³/mol. The van der Waals surface area contributed by atoms with Gasteiger partial charge in [-0.2, -0.15) is 13.2 Å². The van der Waals surface area contributed by atoms with Gasteiger partial charge in [0.05, 0.1) is 12.2 Å². The van der Waals surface area contributed by atoms with Crippen molar-refractivity contribution in [3.8, 4) is 11.1 Å². The van der Waals surface area contributed by atoms with Crippen LogP contribution in [0.25, 0.3) is 11.1 Å². The summed E-state index contributed by atoms with van der Waals surface area (Å²) in [5, 5.41) is 14.4. The molecule has 0 saturated carbocycles. The lowest BCUT2D eigenvalue weighted by Gasteiger charge is -2.23. The number of methoxy groups -OCH3 is 1. The number of fused-ring (bicyclic) bond motifs is 1. The maximum atomic E-state index is 12.9. The van der Waals surface area contributed by atoms with Crippen LogP contribution in [-0.2, 0) is 22.3 Å². The second kappa shape index (κ2) is 10.3. The van der Waals surface area contributed by atoms with Gasteiger partial charge in [-0.1, -0.05) is 30.3 Å². The van der Waals surface area contributed by atoms with Crippen LogP contribution in [0, 0.1) is 0 Å². The van der Waals surface area contributed by atoms with Crippen molar-refractivity contribution >= 4 is 29.3 Å². The second-order valence-electron chi connectivity index (χ2n) is 8.35. The Balaban J connectivity index is 1.44. The Morgan fingerprint density at radius 1 is 1.00 bits per heavy atom. The van der Waals surface area contributed by atoms with Crippen molar-refractivity contribution in [2.45, 2.75) is 18.8 Å². The van der Waals surface area contributed by atoms with Gasteiger partial charge in [-0.3, -0.25) is 4.79 Å². The van der Waals surface area contributed by atoms with Crippen LogP contribution >= 0.6 is 0 Å². The van der Waals surface area contributed by atoms with Crippen LogP contribution in [0.4, 0.5) is 29.3 Å². The molecule has 0 aliphatic carbocycles. The third-order valence-electron chi connectivity index (χ3n) is 5.85. The number of anilines is 2. The number of alkyl halides is 3. The van der Waals surface area contributed by atoms with Crippen LogP contribution in [0.1, 0.15) is 21.5 Å². The van der Waals surface area contributed by atoms with Gasteiger partial charge in [0, 0.05) is 30.6 Å². The average Bonchev–Trinajstić information content (AvgIpc) is 3.17. The summed E-state index contributed by atoms with van der Waals surface area (Å²) in [7, 11) is 1.37. The quantitative estimate of drug-likeness (QED) is 0.409. The number of rotatable bonds is 7. The van der Waals surface area contributed by atoms with E-state index in [4.69, 9.17) is 4.74 Å². The molecule has 0 spiro atoms. The predicted octanol–water partition coefficient (Wildman–Crippen LogP) is 5.07. The minimum Gasteiger partial charge on any atom is -0.480 e. The largest absolute Gasteiger partial charge is 0.480 e. The molecule has 0 fully saturated rings. The number of urea groups is 1. The van der Waals surface area contributed by atoms with Crippen LogP contribution in [0.5, 0.6) is 0 Å². The first kappa shape index (κ1) is 25.7. The van der Waals surface area contributed by atoms with E-state index in [-0.39, 0.29) is 18.8 Å². The van der Waals surface area contributed by atoms with Gasteiger partial charge in [-0.05, 0) is 53.1 Å². The Hall–Kier alpha value is -4.38. The van der Waals surface area contributed by atoms with Gasteiger partial charge < -0.3 is 25.4 Å². The molecule has 3 aromatic rings. The second-order valence-corrected chi connectivity index (χ2v) is 8.35. The first-order valence-corrected chi connectivity index (χ1v) is 11.1. The van der Waals surface area contributed by atoms with Gasteiger partial charge in [-0.25, -0.2) is 9.59 Å². The molecule has 3 N–H and O–H groups in total. The van der Waals surface area contributed by atoms with Crippen molar-refractivity contribution < 1.29 is 37.4 Å². The third-order valence-corrected chi connectivity index (χ3v) is 5.85. The van der Waals surface area contributed by atoms with Crippen molar-refractivity contribution in [3.63, 3.8) is 0 Å². The number of amides is 3. The molecular weight excluding hydrogens is 491 g/mol. The number of aliphatic carboxylic acids is 1. The summed E-state index contributed by atoms with van der Waals surface area (Å²) < 4.78 is 43.5. The maximum Gasteiger partial charge on any atom is 0.416 e. The average molecular weight is 513 g/mol. The normalized spacial score (nSPS) is 13.7. The molecule has 1 heterocycles. The molecular formula is C26H22F3N3O5. The Labute approximate surface area is 209 Å². The maximum absolute atomic E-state index is 12.9. The van der Waals surface area contributed by atoms with Gasteiger partial charge >= 0.3 is 18.2 Å². The van der Waals surface area contributed by atoms with Crippen molar-refractivity contribution in [1.82, 2.24) is 4.90 Å². The molecule has 11 heteroatoms. The number of hydrogen-bond donors (Lipinski definition) is 3. The molecule has 37 heavy (non-hydrogen) atoms. The number of carbonyl (C=O) groups is 3. The molecule has 192 valence electrons. The summed E-state index contributed by atoms with van der Waals surface area (Å²) in [6.45, 7) is 0.0380. The fourth-order valence-electron chi connectivity index (χ4n) is 4.02. The Morgan fingerprint density at radius 3 is 2.32 bits per heavy atom. The number of nitrogens with one attached hydrogen (secondary N) is 2. The molecule has 3 amide bonds. The smallest absolute Gasteiger partial charge is 0.416 e. The number of carboxylic acid groups (broad SMARTS) is 1. The fraction of sp³-hybridized carbons (Fsp3) is 0.192. The summed E-state index contributed by atoms with van der Waals surface area (Å²) in [6.07, 6.45) is -4.52. The van der Waals surface area contributed by atoms with Crippen molar-refractivity contribution in [2.75, 3.05) is 24.4 Å². The molecule has 0 radical (unpaired) electrons. The van der Waals surface area contributed by atoms with E-state index >= 15 is 0 Å². The zero-order chi connectivity index (χ0) is 26.7. The van der Waals surface area contributed by atoms with E-state index in [1.54, 1.807) is 36.4 Å². The van der Waals surface area contributed by atoms with E-state index in [1.807, 2.05) is 6.07 Å². The van der Waals surface area contributed by atoms with Crippen LogP contribution in [-0.4, -0.2) is 47.7 Å². The van der Waals surface area contributed by atoms with Crippen molar-refractivity contribution in [2.24, 2.45) is 0 Å². The molecule has 1 unspecified atom stereocenters. The van der Waals surface area contributed by atoms with E-state index < -0.39 is 35.7 Å². The van der Waals surface area contributed by atoms with Crippen molar-refractivity contribution in [1.29, 1.82) is 0 Å². The lowest BCUT2D eigenvalue weighted by Crippen LogP contribution is -2.44. The highest BCUT2D eigenvalue weighted by atomic mass is 19.4. The first-order chi connectivity index (χ1) is 17.6. The molecule has 0 bridgehead atoms. The van der Waals surface area contributed by atoms with Gasteiger partial charge in [0.15, 0.2) is 6.04 Å². The number of carbonyl (C=O) groups excluding carboxylic acids is 2. The lowest BCUT2D eigenvalue weighted by molar-refractivity contribution is -0.144. The first-order valence-electron chi connectivity index (χ1n) is 11.1. The molecule has 1 atom stereocenters. The van der Waals surface area contributed by atoms with E-state index in [1.165, 1.54) is 24.1 Å². The Kier molecular flexibility index (Phi) is 7.16. The van der Waals surface area contributed by atoms with Crippen LogP contribution in [0.15, 0.2) is 66.7 Å². The third kappa shape index (κ3) is 5.72. The highest BCUT2D eigenvalue weighted by Crippen LogP contribution is 2.32. The summed E-state index contributed by atoms with van der Waals surface area (Å²) >= 11 is 0. The summed E-state index contributed by atoms with van der Waals surface area (Å²) in [5.74, 6) is -1.55. The molecule has 1 aliphatic heterocycles. The molecule has 0 saturated heterocycles. The number of ether oxygens (including phenoxy) is 1. The fourth-order valence-corrected chi connectivity index (χ4v) is 4.02. The number of halogens is 3. The van der Waals surface area contributed by atoms with E-state index in [0.29, 0.717) is 22.4 Å². The highest BCUT2D eigenvalue weighted by Gasteiger charge is 2.36. The standard InChI is InChI=1S/C26H22F3N3O5/c1-37-14-22(24(34)35)32-13-17-6-5-16(11-21(17)23(32)33)15-7-9-19(10-8-15)30-25(36)31-20-4-2-3-18(12-20)26(27,28)29/h2-12,22H,13-14H2,1H3,(H,34,35)(H2,30,31,36). The highest BCUT2D eigenvalue weighted by molar-refractivity contribution is 6.02. The molecule has 4 rings (SSSR count). The number of nitrogens with zero attached hydrogens (tertiary/aromatic N) is 1. The summed E-state index contributed by atoms with van der Waals surface area (Å²) in [5.41, 5.74) is 2.10. The van der Waals surface area contributed by atoms with E-state index in [0.717, 1.165) is 17.7 Å². The van der Waals surface area contributed by atoms with Gasteiger partial charge in [0.25, 0.3) is 5.91 Å². The zero-order valence-electron chi connectivity index (χ0n) is 19.5. The molecule has 0 aromatic heterocycles. The molecule has 8 nitrogen and oxygen atoms in total. The summed E-state index contributed by atoms with van der Waals surface area (Å²) in [4.78, 5) is 38.0. The zero-order valence-corrected chi connectivity index (χ0v) is 19.5. The van der Waals surface area contributed by atoms with Crippen molar-refractivity contribution in [3.05, 3.63) is 83.4 Å². The SMILES string of the molecule is COCC(C(=O)O)N1Cc2ccc(-c3ccc(NC(=O)Nc4cccc(C(F)(F)F)c4)cc3)cc2C1=O. The number of carboxylic acids is 1. The number of hydrogen-bond acceptors (Lipinski definition) is 4. The van der Waals surface area contributed by atoms with Gasteiger partial charge in [-0.15, -0.1) is 0 Å². The minimum atomic E-state index is -4.52. The van der Waals surface area contributed by atoms with E-state index in [2.05, 4.69) is 10.6 Å². The Morgan fingerprint density at radius 2 is 1.68 bits per heavy atom. The minimum absolute atomic E-state index is 0.00330. The molecule has 3 aromatic carbocycles. The van der Waals surface area contributed by atoms with Crippen LogP contribution < -0.4 is 10.6 Å². The van der Waals surface area contributed by atoms with Crippen LogP contribution in [0.2, 0.25) is 0 Å². The monoisotopic (exact) mass is 513 g/mol. The Bertz CT molecular complexity index is 1340. The summed E-state index contributed by atoms with van der Waals surface area (Å²) in [6, 6.07) is 14.4.